The van der Waals surface area contributed by atoms with Gasteiger partial charge in [-0.25, -0.2) is 4.39 Å². The SMILES string of the molecule is COc1cc(CNC(=O)C[NH2+][C@@H](c2ccc(F)cc2)C(C)C)cc(OC)c1OC. The number of ether oxygens (including phenoxy) is 3. The Morgan fingerprint density at radius 1 is 1.03 bits per heavy atom. The molecule has 0 unspecified atom stereocenters. The Balaban J connectivity index is 1.97. The number of halogens is 1. The lowest BCUT2D eigenvalue weighted by atomic mass is 9.96. The van der Waals surface area contributed by atoms with Crippen molar-refractivity contribution in [3.63, 3.8) is 0 Å². The highest BCUT2D eigenvalue weighted by atomic mass is 19.1. The Morgan fingerprint density at radius 3 is 2.10 bits per heavy atom. The van der Waals surface area contributed by atoms with E-state index in [0.29, 0.717) is 29.7 Å². The van der Waals surface area contributed by atoms with Gasteiger partial charge in [0.15, 0.2) is 18.0 Å². The molecule has 0 saturated carbocycles. The predicted octanol–water partition coefficient (Wildman–Crippen LogP) is 2.43. The number of nitrogens with one attached hydrogen (secondary N) is 1. The summed E-state index contributed by atoms with van der Waals surface area (Å²) in [4.78, 5) is 12.4. The van der Waals surface area contributed by atoms with Crippen LogP contribution in [0.1, 0.15) is 31.0 Å². The average Bonchev–Trinajstić information content (AvgIpc) is 2.72. The van der Waals surface area contributed by atoms with E-state index in [2.05, 4.69) is 19.2 Å². The maximum Gasteiger partial charge on any atom is 0.275 e. The van der Waals surface area contributed by atoms with Gasteiger partial charge in [0.1, 0.15) is 11.9 Å². The molecule has 2 rings (SSSR count). The first kappa shape index (κ1) is 22.5. The Kier molecular flexibility index (Phi) is 8.27. The molecule has 0 aromatic heterocycles. The predicted molar refractivity (Wildman–Crippen MR) is 109 cm³/mol. The molecule has 0 aliphatic carbocycles. The normalized spacial score (nSPS) is 11.8. The monoisotopic (exact) mass is 405 g/mol. The van der Waals surface area contributed by atoms with Crippen LogP contribution in [0.3, 0.4) is 0 Å². The number of nitrogens with two attached hydrogens (primary N) is 1. The number of benzene rings is 2. The van der Waals surface area contributed by atoms with Gasteiger partial charge >= 0.3 is 0 Å². The summed E-state index contributed by atoms with van der Waals surface area (Å²) >= 11 is 0. The smallest absolute Gasteiger partial charge is 0.275 e. The van der Waals surface area contributed by atoms with Crippen LogP contribution in [0.2, 0.25) is 0 Å². The van der Waals surface area contributed by atoms with Crippen molar-refractivity contribution < 1.29 is 28.7 Å². The van der Waals surface area contributed by atoms with E-state index in [-0.39, 0.29) is 24.3 Å². The van der Waals surface area contributed by atoms with E-state index in [1.807, 2.05) is 5.32 Å². The first-order chi connectivity index (χ1) is 13.9. The molecule has 0 aliphatic rings. The van der Waals surface area contributed by atoms with Crippen molar-refractivity contribution in [1.29, 1.82) is 0 Å². The van der Waals surface area contributed by atoms with Crippen LogP contribution in [0.25, 0.3) is 0 Å². The highest BCUT2D eigenvalue weighted by Crippen LogP contribution is 2.38. The lowest BCUT2D eigenvalue weighted by Gasteiger charge is -2.19. The number of carbonyl (C=O) groups excluding carboxylic acids is 1. The van der Waals surface area contributed by atoms with E-state index < -0.39 is 0 Å². The molecule has 1 atom stereocenters. The second kappa shape index (κ2) is 10.7. The van der Waals surface area contributed by atoms with E-state index in [9.17, 15) is 9.18 Å². The molecule has 2 aromatic rings. The summed E-state index contributed by atoms with van der Waals surface area (Å²) in [6, 6.07) is 10.1. The zero-order valence-corrected chi connectivity index (χ0v) is 17.6. The third-order valence-electron chi connectivity index (χ3n) is 4.74. The Labute approximate surface area is 171 Å². The van der Waals surface area contributed by atoms with Crippen molar-refractivity contribution in [3.8, 4) is 17.2 Å². The molecule has 0 saturated heterocycles. The number of amides is 1. The molecule has 7 heteroatoms. The summed E-state index contributed by atoms with van der Waals surface area (Å²) < 4.78 is 29.2. The molecule has 6 nitrogen and oxygen atoms in total. The summed E-state index contributed by atoms with van der Waals surface area (Å²) in [5, 5.41) is 4.89. The largest absolute Gasteiger partial charge is 0.493 e. The van der Waals surface area contributed by atoms with Crippen molar-refractivity contribution in [3.05, 3.63) is 53.3 Å². The number of quaternary nitrogens is 1. The zero-order chi connectivity index (χ0) is 21.4. The summed E-state index contributed by atoms with van der Waals surface area (Å²) in [6.45, 7) is 4.77. The van der Waals surface area contributed by atoms with Crippen LogP contribution in [-0.4, -0.2) is 33.8 Å². The number of methoxy groups -OCH3 is 3. The molecule has 2 aromatic carbocycles. The third-order valence-corrected chi connectivity index (χ3v) is 4.74. The van der Waals surface area contributed by atoms with Gasteiger partial charge in [-0.1, -0.05) is 26.0 Å². The summed E-state index contributed by atoms with van der Waals surface area (Å²) in [7, 11) is 4.65. The van der Waals surface area contributed by atoms with Gasteiger partial charge in [-0.15, -0.1) is 0 Å². The summed E-state index contributed by atoms with van der Waals surface area (Å²) in [5.74, 6) is 1.53. The molecule has 0 bridgehead atoms. The van der Waals surface area contributed by atoms with Crippen LogP contribution in [0, 0.1) is 11.7 Å². The maximum absolute atomic E-state index is 13.2. The average molecular weight is 405 g/mol. The highest BCUT2D eigenvalue weighted by Gasteiger charge is 2.20. The third kappa shape index (κ3) is 6.09. The molecule has 0 radical (unpaired) electrons. The van der Waals surface area contributed by atoms with E-state index in [1.54, 1.807) is 45.6 Å². The van der Waals surface area contributed by atoms with Gasteiger partial charge < -0.3 is 24.8 Å². The second-order valence-electron chi connectivity index (χ2n) is 7.07. The minimum atomic E-state index is -0.264. The fourth-order valence-corrected chi connectivity index (χ4v) is 3.22. The topological polar surface area (TPSA) is 73.4 Å². The Bertz CT molecular complexity index is 784. The minimum absolute atomic E-state index is 0.0718. The molecular formula is C22H30FN2O4+. The Hall–Kier alpha value is -2.80. The van der Waals surface area contributed by atoms with Crippen LogP contribution in [0.15, 0.2) is 36.4 Å². The van der Waals surface area contributed by atoms with Gasteiger partial charge in [-0.2, -0.15) is 0 Å². The van der Waals surface area contributed by atoms with E-state index in [1.165, 1.54) is 12.1 Å². The minimum Gasteiger partial charge on any atom is -0.493 e. The van der Waals surface area contributed by atoms with Gasteiger partial charge in [-0.05, 0) is 29.8 Å². The van der Waals surface area contributed by atoms with Gasteiger partial charge in [0, 0.05) is 18.0 Å². The Morgan fingerprint density at radius 2 is 1.62 bits per heavy atom. The number of hydrogen-bond acceptors (Lipinski definition) is 4. The van der Waals surface area contributed by atoms with Gasteiger partial charge in [0.05, 0.1) is 21.3 Å². The highest BCUT2D eigenvalue weighted by molar-refractivity contribution is 5.76. The van der Waals surface area contributed by atoms with Crippen molar-refractivity contribution in [2.75, 3.05) is 27.9 Å². The fraction of sp³-hybridized carbons (Fsp3) is 0.409. The lowest BCUT2D eigenvalue weighted by molar-refractivity contribution is -0.692. The van der Waals surface area contributed by atoms with Crippen molar-refractivity contribution >= 4 is 5.91 Å². The number of carbonyl (C=O) groups is 1. The first-order valence-electron chi connectivity index (χ1n) is 9.54. The molecule has 0 fully saturated rings. The van der Waals surface area contributed by atoms with E-state index in [0.717, 1.165) is 11.1 Å². The number of rotatable bonds is 10. The van der Waals surface area contributed by atoms with Gasteiger partial charge in [0.2, 0.25) is 5.75 Å². The van der Waals surface area contributed by atoms with Crippen molar-refractivity contribution in [2.24, 2.45) is 5.92 Å². The van der Waals surface area contributed by atoms with Crippen LogP contribution < -0.4 is 24.8 Å². The molecule has 0 aliphatic heterocycles. The molecule has 0 heterocycles. The van der Waals surface area contributed by atoms with Crippen LogP contribution in [-0.2, 0) is 11.3 Å². The van der Waals surface area contributed by atoms with Gasteiger partial charge in [0.25, 0.3) is 5.91 Å². The summed E-state index contributed by atoms with van der Waals surface area (Å²) in [5.41, 5.74) is 1.84. The van der Waals surface area contributed by atoms with Crippen LogP contribution in [0.4, 0.5) is 4.39 Å². The zero-order valence-electron chi connectivity index (χ0n) is 17.6. The van der Waals surface area contributed by atoms with E-state index >= 15 is 0 Å². The van der Waals surface area contributed by atoms with Crippen LogP contribution in [0.5, 0.6) is 17.2 Å². The molecule has 1 amide bonds. The quantitative estimate of drug-likeness (QED) is 0.637. The van der Waals surface area contributed by atoms with Crippen molar-refractivity contribution in [1.82, 2.24) is 5.32 Å². The maximum atomic E-state index is 13.2. The fourth-order valence-electron chi connectivity index (χ4n) is 3.22. The second-order valence-corrected chi connectivity index (χ2v) is 7.07. The molecule has 29 heavy (non-hydrogen) atoms. The molecule has 158 valence electrons. The number of hydrogen-bond donors (Lipinski definition) is 2. The lowest BCUT2D eigenvalue weighted by Crippen LogP contribution is -2.88. The van der Waals surface area contributed by atoms with Crippen molar-refractivity contribution in [2.45, 2.75) is 26.4 Å². The van der Waals surface area contributed by atoms with Gasteiger partial charge in [-0.3, -0.25) is 4.79 Å². The molecule has 3 N–H and O–H groups in total. The summed E-state index contributed by atoms with van der Waals surface area (Å²) in [6.07, 6.45) is 0. The van der Waals surface area contributed by atoms with Crippen LogP contribution >= 0.6 is 0 Å². The molecular weight excluding hydrogens is 375 g/mol. The first-order valence-corrected chi connectivity index (χ1v) is 9.54. The van der Waals surface area contributed by atoms with E-state index in [4.69, 9.17) is 14.2 Å². The standard InChI is InChI=1S/C22H29FN2O4/c1-14(2)21(16-6-8-17(23)9-7-16)25-13-20(26)24-12-15-10-18(27-3)22(29-5)19(11-15)28-4/h6-11,14,21,25H,12-13H2,1-5H3,(H,24,26)/p+1/t21-/m1/s1. The molecule has 0 spiro atoms.